The number of imidazole rings is 2. The van der Waals surface area contributed by atoms with Crippen molar-refractivity contribution in [2.45, 2.75) is 86.0 Å². The van der Waals surface area contributed by atoms with Gasteiger partial charge in [-0.2, -0.15) is 0 Å². The van der Waals surface area contributed by atoms with Crippen molar-refractivity contribution in [3.63, 3.8) is 0 Å². The summed E-state index contributed by atoms with van der Waals surface area (Å²) >= 11 is 0. The van der Waals surface area contributed by atoms with Crippen LogP contribution in [0.3, 0.4) is 0 Å². The predicted molar refractivity (Wildman–Crippen MR) is 284 cm³/mol. The summed E-state index contributed by atoms with van der Waals surface area (Å²) < 4.78 is 11.2. The van der Waals surface area contributed by atoms with Gasteiger partial charge in [-0.15, -0.1) is 53.6 Å². The number of hydrogen-bond acceptors (Lipinski definition) is 3. The van der Waals surface area contributed by atoms with Gasteiger partial charge >= 0.3 is 0 Å². The molecule has 11 aromatic rings. The van der Waals surface area contributed by atoms with Gasteiger partial charge in [0, 0.05) is 36.9 Å². The molecule has 0 bridgehead atoms. The van der Waals surface area contributed by atoms with E-state index in [4.69, 9.17) is 14.4 Å². The molecule has 11 rings (SSSR count). The van der Waals surface area contributed by atoms with Gasteiger partial charge < -0.3 is 13.6 Å². The summed E-state index contributed by atoms with van der Waals surface area (Å²) in [7, 11) is 0. The maximum atomic E-state index is 6.47. The minimum atomic E-state index is 0. The number of fused-ring (bicyclic) bond motifs is 5. The molecule has 0 aliphatic carbocycles. The third-order valence-electron chi connectivity index (χ3n) is 13.2. The molecule has 0 aliphatic rings. The van der Waals surface area contributed by atoms with Crippen molar-refractivity contribution in [3.8, 4) is 45.3 Å². The Morgan fingerprint density at radius 1 is 0.478 bits per heavy atom. The van der Waals surface area contributed by atoms with Gasteiger partial charge in [-0.3, -0.25) is 9.97 Å². The number of nitrogens with zero attached hydrogens (tertiary/aromatic N) is 4. The molecule has 3 heterocycles. The van der Waals surface area contributed by atoms with Gasteiger partial charge in [0.2, 0.25) is 0 Å². The summed E-state index contributed by atoms with van der Waals surface area (Å²) in [6, 6.07) is 64.5. The van der Waals surface area contributed by atoms with Gasteiger partial charge in [-0.1, -0.05) is 164 Å². The number of aryl methyl sites for hydroxylation is 1. The van der Waals surface area contributed by atoms with E-state index < -0.39 is 0 Å². The molecular formula is C63H58IrN4O-2. The summed E-state index contributed by atoms with van der Waals surface area (Å²) in [5, 5.41) is 2.18. The Morgan fingerprint density at radius 2 is 1.01 bits per heavy atom. The molecule has 0 unspecified atom stereocenters. The predicted octanol–water partition coefficient (Wildman–Crippen LogP) is 17.4. The summed E-state index contributed by atoms with van der Waals surface area (Å²) in [6.07, 6.45) is 0. The Kier molecular flexibility index (Phi) is 13.4. The van der Waals surface area contributed by atoms with Crippen LogP contribution in [0.15, 0.2) is 168 Å². The second-order valence-corrected chi connectivity index (χ2v) is 19.3. The van der Waals surface area contributed by atoms with Crippen LogP contribution in [0.5, 0.6) is 0 Å². The third-order valence-corrected chi connectivity index (χ3v) is 13.2. The van der Waals surface area contributed by atoms with E-state index in [-0.39, 0.29) is 20.1 Å². The Balaban J connectivity index is 0.000000180. The Hall–Kier alpha value is -6.85. The molecule has 0 N–H and O–H groups in total. The monoisotopic (exact) mass is 1080 g/mol. The van der Waals surface area contributed by atoms with Crippen LogP contribution < -0.4 is 0 Å². The van der Waals surface area contributed by atoms with Crippen molar-refractivity contribution in [1.29, 1.82) is 0 Å². The molecule has 0 fully saturated rings. The van der Waals surface area contributed by atoms with Crippen LogP contribution in [0.4, 0.5) is 0 Å². The van der Waals surface area contributed by atoms with Gasteiger partial charge in [0.1, 0.15) is 5.58 Å². The normalized spacial score (nSPS) is 11.7. The summed E-state index contributed by atoms with van der Waals surface area (Å²) in [4.78, 5) is 10.3. The molecule has 0 aliphatic heterocycles. The number of rotatable bonds is 9. The number of benzene rings is 8. The van der Waals surface area contributed by atoms with Crippen molar-refractivity contribution in [3.05, 3.63) is 204 Å². The topological polar surface area (TPSA) is 48.8 Å². The minimum absolute atomic E-state index is 0. The average molecular weight is 1080 g/mol. The van der Waals surface area contributed by atoms with Crippen LogP contribution in [-0.4, -0.2) is 19.1 Å². The molecule has 69 heavy (non-hydrogen) atoms. The molecule has 0 spiro atoms. The summed E-state index contributed by atoms with van der Waals surface area (Å²) in [6.45, 7) is 20.3. The van der Waals surface area contributed by atoms with Gasteiger partial charge in [0.15, 0.2) is 0 Å². The second-order valence-electron chi connectivity index (χ2n) is 19.3. The molecule has 1 radical (unpaired) electrons. The fourth-order valence-corrected chi connectivity index (χ4v) is 9.74. The number of para-hydroxylation sites is 6. The fourth-order valence-electron chi connectivity index (χ4n) is 9.74. The summed E-state index contributed by atoms with van der Waals surface area (Å²) in [5.41, 5.74) is 19.2. The number of hydrogen-bond donors (Lipinski definition) is 0. The van der Waals surface area contributed by atoms with Crippen molar-refractivity contribution >= 4 is 44.0 Å². The van der Waals surface area contributed by atoms with Crippen LogP contribution in [-0.2, 0) is 20.1 Å². The maximum absolute atomic E-state index is 6.47. The fraction of sp³-hybridized carbons (Fsp3) is 0.206. The molecule has 5 nitrogen and oxygen atoms in total. The molecule has 0 amide bonds. The Bertz CT molecular complexity index is 3530. The molecular weight excluding hydrogens is 1020 g/mol. The van der Waals surface area contributed by atoms with Crippen LogP contribution in [0, 0.1) is 19.1 Å². The zero-order valence-electron chi connectivity index (χ0n) is 40.9. The van der Waals surface area contributed by atoms with Crippen LogP contribution >= 0.6 is 0 Å². The largest absolute Gasteiger partial charge is 0.501 e. The molecule has 3 aromatic heterocycles. The molecule has 0 atom stereocenters. The van der Waals surface area contributed by atoms with Crippen LogP contribution in [0.2, 0.25) is 0 Å². The quantitative estimate of drug-likeness (QED) is 0.135. The Morgan fingerprint density at radius 3 is 1.61 bits per heavy atom. The zero-order chi connectivity index (χ0) is 47.2. The van der Waals surface area contributed by atoms with E-state index in [1.165, 1.54) is 50.3 Å². The zero-order valence-corrected chi connectivity index (χ0v) is 43.3. The number of furan rings is 1. The van der Waals surface area contributed by atoms with E-state index in [0.717, 1.165) is 66.8 Å². The van der Waals surface area contributed by atoms with E-state index >= 15 is 0 Å². The summed E-state index contributed by atoms with van der Waals surface area (Å²) in [5.74, 6) is 3.25. The Labute approximate surface area is 420 Å². The first-order valence-corrected chi connectivity index (χ1v) is 24.1. The SMILES string of the molecule is CC(C)c1cc(-c2ccccc2)cc(C(C)C)c1-n1c(-c2[c-]ccc3c2oc2ccccc23)nc2ccccc21.Cc1c[c-]c(-c2nc3ccccc3n2-c2c(C(C)C)cccc2C(C)C)cc1.[Ir]. The third kappa shape index (κ3) is 8.77. The molecule has 0 saturated carbocycles. The molecule has 0 saturated heterocycles. The molecule has 6 heteroatoms. The van der Waals surface area contributed by atoms with Crippen molar-refractivity contribution in [2.24, 2.45) is 0 Å². The first-order valence-electron chi connectivity index (χ1n) is 24.1. The maximum Gasteiger partial charge on any atom is 0.120 e. The van der Waals surface area contributed by atoms with E-state index in [0.29, 0.717) is 23.7 Å². The average Bonchev–Trinajstić information content (AvgIpc) is 4.06. The first kappa shape index (κ1) is 47.2. The molecule has 347 valence electrons. The van der Waals surface area contributed by atoms with Crippen LogP contribution in [0.25, 0.3) is 89.3 Å². The van der Waals surface area contributed by atoms with Gasteiger partial charge in [0.25, 0.3) is 0 Å². The van der Waals surface area contributed by atoms with Gasteiger partial charge in [0.05, 0.1) is 39.3 Å². The number of aromatic nitrogens is 4. The first-order chi connectivity index (χ1) is 33.0. The van der Waals surface area contributed by atoms with E-state index in [1.54, 1.807) is 0 Å². The van der Waals surface area contributed by atoms with Crippen molar-refractivity contribution in [1.82, 2.24) is 19.1 Å². The second kappa shape index (κ2) is 19.6. The smallest absolute Gasteiger partial charge is 0.120 e. The minimum Gasteiger partial charge on any atom is -0.501 e. The van der Waals surface area contributed by atoms with Gasteiger partial charge in [-0.05, 0) is 99.5 Å². The van der Waals surface area contributed by atoms with Gasteiger partial charge in [-0.25, -0.2) is 0 Å². The van der Waals surface area contributed by atoms with Crippen molar-refractivity contribution in [2.75, 3.05) is 0 Å². The van der Waals surface area contributed by atoms with E-state index in [9.17, 15) is 0 Å². The molecule has 8 aromatic carbocycles. The standard InChI is InChI=1S/C37H31N2O.C26H27N2.Ir/c1-23(2)30-21-26(25-13-6-5-7-14-25)22-31(24(3)4)35(30)39-33-19-10-9-18-32(33)38-37(39)29-17-12-16-28-27-15-8-11-20-34(27)40-36(28)29;1-17(2)21-9-8-10-22(18(3)4)25(21)28-24-12-7-6-11-23(24)27-26(28)20-15-13-19(5)14-16-20;/h5-16,18-24H,1-4H3;6-15,17-18H,1-5H3;/q2*-1;. The van der Waals surface area contributed by atoms with E-state index in [1.807, 2.05) is 24.3 Å². The van der Waals surface area contributed by atoms with E-state index in [2.05, 4.69) is 223 Å². The van der Waals surface area contributed by atoms with Crippen molar-refractivity contribution < 1.29 is 24.5 Å². The van der Waals surface area contributed by atoms with Crippen LogP contribution in [0.1, 0.15) is 107 Å².